The van der Waals surface area contributed by atoms with Crippen LogP contribution in [0.2, 0.25) is 6.04 Å². The zero-order valence-corrected chi connectivity index (χ0v) is 18.8. The van der Waals surface area contributed by atoms with Crippen molar-refractivity contribution in [2.45, 2.75) is 37.0 Å². The fourth-order valence-electron chi connectivity index (χ4n) is 6.18. The van der Waals surface area contributed by atoms with Gasteiger partial charge in [0.2, 0.25) is 0 Å². The van der Waals surface area contributed by atoms with Gasteiger partial charge in [0.1, 0.15) is 0 Å². The van der Waals surface area contributed by atoms with Crippen molar-refractivity contribution in [2.24, 2.45) is 17.8 Å². The molecular weight excluding hydrogens is 376 g/mol. The topological polar surface area (TPSA) is 0 Å². The largest absolute Gasteiger partial charge is 0.0851 e. The van der Waals surface area contributed by atoms with E-state index in [1.54, 1.807) is 0 Å². The van der Waals surface area contributed by atoms with Crippen molar-refractivity contribution in [3.8, 4) is 0 Å². The highest BCUT2D eigenvalue weighted by molar-refractivity contribution is 6.78. The molecule has 1 heteroatoms. The number of hydrogen-bond donors (Lipinski definition) is 0. The van der Waals surface area contributed by atoms with E-state index in [1.165, 1.54) is 53.7 Å². The summed E-state index contributed by atoms with van der Waals surface area (Å²) in [6, 6.07) is 39.3. The van der Waals surface area contributed by atoms with Crippen LogP contribution in [0.1, 0.15) is 29.5 Å². The van der Waals surface area contributed by atoms with Crippen LogP contribution in [0.15, 0.2) is 103 Å². The number of rotatable bonds is 8. The highest BCUT2D eigenvalue weighted by Gasteiger charge is 2.42. The standard InChI is InChI=1S/C29H32Si/c1-4-10-24(11-5-1)20-30(21-25-12-6-2-7-13-25,22-26-14-8-3-9-15-26)23-29-19-27-16-17-28(29)18-27/h1-17,27-29H,18-23H2. The van der Waals surface area contributed by atoms with Crippen molar-refractivity contribution in [1.82, 2.24) is 0 Å². The van der Waals surface area contributed by atoms with E-state index in [-0.39, 0.29) is 0 Å². The summed E-state index contributed by atoms with van der Waals surface area (Å²) in [4.78, 5) is 0. The Morgan fingerprint density at radius 2 is 1.03 bits per heavy atom. The van der Waals surface area contributed by atoms with E-state index in [4.69, 9.17) is 0 Å². The van der Waals surface area contributed by atoms with Gasteiger partial charge in [0, 0.05) is 0 Å². The second-order valence-electron chi connectivity index (χ2n) is 9.73. The first-order chi connectivity index (χ1) is 14.8. The first kappa shape index (κ1) is 19.6. The van der Waals surface area contributed by atoms with Gasteiger partial charge in [0.15, 0.2) is 0 Å². The third-order valence-corrected chi connectivity index (χ3v) is 12.2. The molecule has 0 N–H and O–H groups in total. The molecule has 2 bridgehead atoms. The van der Waals surface area contributed by atoms with Gasteiger partial charge in [-0.1, -0.05) is 126 Å². The normalized spacial score (nSPS) is 22.5. The van der Waals surface area contributed by atoms with Crippen molar-refractivity contribution in [1.29, 1.82) is 0 Å². The van der Waals surface area contributed by atoms with Crippen LogP contribution in [0.3, 0.4) is 0 Å². The van der Waals surface area contributed by atoms with Crippen molar-refractivity contribution in [2.75, 3.05) is 0 Å². The van der Waals surface area contributed by atoms with Crippen LogP contribution in [0.4, 0.5) is 0 Å². The molecule has 2 aliphatic rings. The van der Waals surface area contributed by atoms with E-state index < -0.39 is 8.07 Å². The van der Waals surface area contributed by atoms with Crippen LogP contribution in [0.25, 0.3) is 0 Å². The molecule has 152 valence electrons. The van der Waals surface area contributed by atoms with Crippen LogP contribution in [0.5, 0.6) is 0 Å². The summed E-state index contributed by atoms with van der Waals surface area (Å²) >= 11 is 0. The van der Waals surface area contributed by atoms with E-state index in [0.717, 1.165) is 17.8 Å². The van der Waals surface area contributed by atoms with Gasteiger partial charge in [-0.3, -0.25) is 0 Å². The number of fused-ring (bicyclic) bond motifs is 2. The molecule has 5 rings (SSSR count). The van der Waals surface area contributed by atoms with Crippen molar-refractivity contribution in [3.63, 3.8) is 0 Å². The fraction of sp³-hybridized carbons (Fsp3) is 0.310. The Hall–Kier alpha value is -2.38. The minimum absolute atomic E-state index is 0.837. The lowest BCUT2D eigenvalue weighted by Gasteiger charge is -2.37. The van der Waals surface area contributed by atoms with Crippen LogP contribution in [0, 0.1) is 17.8 Å². The molecule has 0 nitrogen and oxygen atoms in total. The van der Waals surface area contributed by atoms with Crippen LogP contribution in [-0.2, 0) is 18.1 Å². The smallest absolute Gasteiger partial charge is 0.0669 e. The second-order valence-corrected chi connectivity index (χ2v) is 14.2. The monoisotopic (exact) mass is 408 g/mol. The molecule has 0 spiro atoms. The summed E-state index contributed by atoms with van der Waals surface area (Å²) in [5.74, 6) is 2.59. The van der Waals surface area contributed by atoms with E-state index in [0.29, 0.717) is 0 Å². The molecule has 2 aliphatic carbocycles. The summed E-state index contributed by atoms with van der Waals surface area (Å²) in [5.41, 5.74) is 4.61. The van der Waals surface area contributed by atoms with Gasteiger partial charge in [-0.2, -0.15) is 0 Å². The Labute approximate surface area is 182 Å². The minimum atomic E-state index is -1.65. The predicted octanol–water partition coefficient (Wildman–Crippen LogP) is 6.99. The van der Waals surface area contributed by atoms with Gasteiger partial charge >= 0.3 is 0 Å². The van der Waals surface area contributed by atoms with Crippen LogP contribution < -0.4 is 0 Å². The minimum Gasteiger partial charge on any atom is -0.0851 e. The maximum absolute atomic E-state index is 2.55. The van der Waals surface area contributed by atoms with Crippen molar-refractivity contribution >= 4 is 8.07 Å². The average Bonchev–Trinajstić information content (AvgIpc) is 3.39. The summed E-state index contributed by atoms with van der Waals surface area (Å²) in [6.45, 7) is 0. The van der Waals surface area contributed by atoms with E-state index in [2.05, 4.69) is 103 Å². The fourth-order valence-corrected chi connectivity index (χ4v) is 11.9. The van der Waals surface area contributed by atoms with Crippen molar-refractivity contribution in [3.05, 3.63) is 120 Å². The quantitative estimate of drug-likeness (QED) is 0.278. The molecule has 0 amide bonds. The molecular formula is C29H32Si. The summed E-state index contributed by atoms with van der Waals surface area (Å²) in [5, 5.41) is 0. The zero-order chi connectivity index (χ0) is 20.2. The summed E-state index contributed by atoms with van der Waals surface area (Å²) in [6.07, 6.45) is 7.88. The number of hydrogen-bond acceptors (Lipinski definition) is 0. The Balaban J connectivity index is 1.51. The lowest BCUT2D eigenvalue weighted by atomic mass is 9.96. The molecule has 3 atom stereocenters. The van der Waals surface area contributed by atoms with Gasteiger partial charge in [-0.05, 0) is 48.7 Å². The molecule has 3 unspecified atom stereocenters. The Bertz CT molecular complexity index is 860. The Morgan fingerprint density at radius 1 is 0.567 bits per heavy atom. The number of benzene rings is 3. The molecule has 0 heterocycles. The highest BCUT2D eigenvalue weighted by atomic mass is 28.3. The van der Waals surface area contributed by atoms with Crippen LogP contribution in [-0.4, -0.2) is 8.07 Å². The lowest BCUT2D eigenvalue weighted by Crippen LogP contribution is -2.46. The van der Waals surface area contributed by atoms with E-state index in [9.17, 15) is 0 Å². The van der Waals surface area contributed by atoms with Crippen molar-refractivity contribution < 1.29 is 0 Å². The Kier molecular flexibility index (Phi) is 5.72. The molecule has 0 aromatic heterocycles. The molecule has 1 fully saturated rings. The molecule has 3 aromatic rings. The van der Waals surface area contributed by atoms with Crippen LogP contribution >= 0.6 is 0 Å². The molecule has 0 saturated heterocycles. The molecule has 0 radical (unpaired) electrons. The van der Waals surface area contributed by atoms with Gasteiger partial charge in [-0.25, -0.2) is 0 Å². The van der Waals surface area contributed by atoms with Gasteiger partial charge in [-0.15, -0.1) is 0 Å². The van der Waals surface area contributed by atoms with Gasteiger partial charge in [0.25, 0.3) is 0 Å². The maximum atomic E-state index is 2.55. The van der Waals surface area contributed by atoms with Gasteiger partial charge in [0.05, 0.1) is 8.07 Å². The number of allylic oxidation sites excluding steroid dienone is 2. The Morgan fingerprint density at radius 3 is 1.40 bits per heavy atom. The van der Waals surface area contributed by atoms with E-state index >= 15 is 0 Å². The first-order valence-electron chi connectivity index (χ1n) is 11.6. The highest BCUT2D eigenvalue weighted by Crippen LogP contribution is 2.48. The molecule has 1 saturated carbocycles. The first-order valence-corrected chi connectivity index (χ1v) is 14.4. The molecule has 3 aromatic carbocycles. The molecule has 30 heavy (non-hydrogen) atoms. The molecule has 0 aliphatic heterocycles. The lowest BCUT2D eigenvalue weighted by molar-refractivity contribution is 0.483. The predicted molar refractivity (Wildman–Crippen MR) is 130 cm³/mol. The SMILES string of the molecule is C1=CC2CC1CC2C[Si](Cc1ccccc1)(Cc1ccccc1)Cc1ccccc1. The second kappa shape index (κ2) is 8.77. The average molecular weight is 409 g/mol. The van der Waals surface area contributed by atoms with Gasteiger partial charge < -0.3 is 0 Å². The zero-order valence-electron chi connectivity index (χ0n) is 17.8. The third kappa shape index (κ3) is 4.52. The third-order valence-electron chi connectivity index (χ3n) is 7.38. The van der Waals surface area contributed by atoms with E-state index in [1.807, 2.05) is 0 Å². The summed E-state index contributed by atoms with van der Waals surface area (Å²) in [7, 11) is -1.65. The summed E-state index contributed by atoms with van der Waals surface area (Å²) < 4.78 is 0. The maximum Gasteiger partial charge on any atom is 0.0669 e.